The van der Waals surface area contributed by atoms with Gasteiger partial charge in [-0.05, 0) is 69.2 Å². The number of hydrogen-bond acceptors (Lipinski definition) is 5. The SMILES string of the molecule is CC.CCc1ccc(N(C(=O)C2(C)CCC2)C(C)=S)cc1NC.Cc1ccc(CCC(=O)CCCO)cc1. The quantitative estimate of drug-likeness (QED) is 0.306. The van der Waals surface area contributed by atoms with Crippen molar-refractivity contribution in [1.82, 2.24) is 0 Å². The Morgan fingerprint density at radius 3 is 2.18 bits per heavy atom. The van der Waals surface area contributed by atoms with Gasteiger partial charge in [0.15, 0.2) is 0 Å². The van der Waals surface area contributed by atoms with E-state index in [4.69, 9.17) is 17.3 Å². The third-order valence-corrected chi connectivity index (χ3v) is 7.10. The number of ketones is 1. The maximum atomic E-state index is 12.9. The first-order chi connectivity index (χ1) is 18.1. The molecule has 1 aliphatic rings. The fourth-order valence-corrected chi connectivity index (χ4v) is 4.51. The van der Waals surface area contributed by atoms with E-state index in [1.54, 1.807) is 4.90 Å². The number of nitrogens with zero attached hydrogens (tertiary/aromatic N) is 1. The smallest absolute Gasteiger partial charge is 0.237 e. The molecule has 1 fully saturated rings. The average molecular weight is 541 g/mol. The molecule has 2 aromatic carbocycles. The third kappa shape index (κ3) is 9.95. The Morgan fingerprint density at radius 1 is 1.08 bits per heavy atom. The van der Waals surface area contributed by atoms with Crippen LogP contribution in [0.4, 0.5) is 11.4 Å². The van der Waals surface area contributed by atoms with Crippen LogP contribution in [0.5, 0.6) is 0 Å². The zero-order valence-corrected chi connectivity index (χ0v) is 25.3. The molecular formula is C32H48N2O3S. The minimum Gasteiger partial charge on any atom is -0.396 e. The van der Waals surface area contributed by atoms with E-state index in [2.05, 4.69) is 49.5 Å². The molecule has 0 atom stereocenters. The Bertz CT molecular complexity index is 1030. The number of benzene rings is 2. The normalized spacial score (nSPS) is 13.1. The van der Waals surface area contributed by atoms with Gasteiger partial charge in [-0.3, -0.25) is 14.5 Å². The van der Waals surface area contributed by atoms with Crippen molar-refractivity contribution >= 4 is 40.3 Å². The maximum absolute atomic E-state index is 12.9. The summed E-state index contributed by atoms with van der Waals surface area (Å²) >= 11 is 5.34. The van der Waals surface area contributed by atoms with Gasteiger partial charge in [-0.15, -0.1) is 0 Å². The number of anilines is 2. The van der Waals surface area contributed by atoms with Crippen LogP contribution in [0.1, 0.15) is 89.8 Å². The number of carbonyl (C=O) groups is 2. The lowest BCUT2D eigenvalue weighted by atomic mass is 9.69. The predicted molar refractivity (Wildman–Crippen MR) is 165 cm³/mol. The van der Waals surface area contributed by atoms with E-state index in [0.29, 0.717) is 24.3 Å². The number of amides is 1. The zero-order valence-electron chi connectivity index (χ0n) is 24.5. The van der Waals surface area contributed by atoms with Crippen molar-refractivity contribution in [2.45, 2.75) is 92.9 Å². The number of hydrogen-bond donors (Lipinski definition) is 2. The second-order valence-corrected chi connectivity index (χ2v) is 10.5. The minimum atomic E-state index is -0.247. The zero-order chi connectivity index (χ0) is 28.7. The van der Waals surface area contributed by atoms with E-state index in [9.17, 15) is 9.59 Å². The van der Waals surface area contributed by atoms with Crippen LogP contribution >= 0.6 is 12.2 Å². The Balaban J connectivity index is 0.000000375. The second kappa shape index (κ2) is 17.1. The van der Waals surface area contributed by atoms with Crippen LogP contribution in [0, 0.1) is 12.3 Å². The molecule has 0 aromatic heterocycles. The first-order valence-electron chi connectivity index (χ1n) is 14.0. The second-order valence-electron chi connectivity index (χ2n) is 9.87. The summed E-state index contributed by atoms with van der Waals surface area (Å²) in [6, 6.07) is 14.3. The van der Waals surface area contributed by atoms with Crippen LogP contribution in [0.3, 0.4) is 0 Å². The number of aryl methyl sites for hydroxylation is 3. The van der Waals surface area contributed by atoms with Crippen molar-refractivity contribution < 1.29 is 14.7 Å². The number of aliphatic hydroxyl groups is 1. The van der Waals surface area contributed by atoms with Gasteiger partial charge >= 0.3 is 0 Å². The Labute approximate surface area is 236 Å². The van der Waals surface area contributed by atoms with Crippen molar-refractivity contribution in [2.24, 2.45) is 5.41 Å². The van der Waals surface area contributed by atoms with Gasteiger partial charge in [-0.1, -0.05) is 82.2 Å². The molecule has 38 heavy (non-hydrogen) atoms. The van der Waals surface area contributed by atoms with Gasteiger partial charge in [0.25, 0.3) is 0 Å². The number of Topliss-reactive ketones (excluding diaryl/α,β-unsaturated/α-hetero) is 1. The van der Waals surface area contributed by atoms with E-state index < -0.39 is 0 Å². The van der Waals surface area contributed by atoms with Gasteiger partial charge in [-0.2, -0.15) is 0 Å². The Hall–Kier alpha value is -2.57. The molecule has 1 saturated carbocycles. The molecule has 2 N–H and O–H groups in total. The molecule has 210 valence electrons. The van der Waals surface area contributed by atoms with Gasteiger partial charge in [-0.25, -0.2) is 0 Å². The Morgan fingerprint density at radius 2 is 1.71 bits per heavy atom. The molecule has 0 unspecified atom stereocenters. The summed E-state index contributed by atoms with van der Waals surface area (Å²) in [5, 5.41) is 11.8. The summed E-state index contributed by atoms with van der Waals surface area (Å²) in [5.41, 5.74) is 5.36. The molecule has 3 rings (SSSR count). The molecule has 5 nitrogen and oxygen atoms in total. The largest absolute Gasteiger partial charge is 0.396 e. The summed E-state index contributed by atoms with van der Waals surface area (Å²) in [7, 11) is 1.90. The lowest BCUT2D eigenvalue weighted by Gasteiger charge is -2.40. The van der Waals surface area contributed by atoms with Crippen LogP contribution in [-0.2, 0) is 22.4 Å². The van der Waals surface area contributed by atoms with Crippen molar-refractivity contribution in [2.75, 3.05) is 23.9 Å². The summed E-state index contributed by atoms with van der Waals surface area (Å²) < 4.78 is 0. The van der Waals surface area contributed by atoms with Gasteiger partial charge in [0.2, 0.25) is 5.91 Å². The summed E-state index contributed by atoms with van der Waals surface area (Å²) in [6.07, 6.45) is 6.48. The van der Waals surface area contributed by atoms with Crippen LogP contribution in [-0.4, -0.2) is 35.4 Å². The van der Waals surface area contributed by atoms with E-state index in [-0.39, 0.29) is 23.7 Å². The predicted octanol–water partition coefficient (Wildman–Crippen LogP) is 7.46. The van der Waals surface area contributed by atoms with E-state index in [0.717, 1.165) is 43.5 Å². The molecule has 2 aromatic rings. The molecule has 1 aliphatic carbocycles. The molecule has 6 heteroatoms. The van der Waals surface area contributed by atoms with Gasteiger partial charge in [0.1, 0.15) is 5.78 Å². The third-order valence-electron chi connectivity index (χ3n) is 6.92. The highest BCUT2D eigenvalue weighted by molar-refractivity contribution is 7.80. The average Bonchev–Trinajstić information content (AvgIpc) is 2.91. The summed E-state index contributed by atoms with van der Waals surface area (Å²) in [5.74, 6) is 0.372. The monoisotopic (exact) mass is 540 g/mol. The molecule has 0 radical (unpaired) electrons. The summed E-state index contributed by atoms with van der Waals surface area (Å²) in [6.45, 7) is 12.1. The fourth-order valence-electron chi connectivity index (χ4n) is 4.32. The number of aliphatic hydroxyl groups excluding tert-OH is 1. The van der Waals surface area contributed by atoms with Gasteiger partial charge < -0.3 is 10.4 Å². The molecular weight excluding hydrogens is 492 g/mol. The van der Waals surface area contributed by atoms with E-state index in [1.165, 1.54) is 16.7 Å². The molecule has 1 amide bonds. The summed E-state index contributed by atoms with van der Waals surface area (Å²) in [4.78, 5) is 26.5. The van der Waals surface area contributed by atoms with Crippen molar-refractivity contribution in [3.8, 4) is 0 Å². The first-order valence-corrected chi connectivity index (χ1v) is 14.4. The molecule has 0 saturated heterocycles. The lowest BCUT2D eigenvalue weighted by molar-refractivity contribution is -0.130. The number of nitrogens with one attached hydrogen (secondary N) is 1. The van der Waals surface area contributed by atoms with Gasteiger partial charge in [0.05, 0.1) is 10.7 Å². The highest BCUT2D eigenvalue weighted by atomic mass is 32.1. The molecule has 0 aliphatic heterocycles. The standard InChI is InChI=1S/C17H24N2OS.C13H18O2.C2H6/c1-5-13-7-8-14(11-15(13)18-4)19(12(2)21)16(20)17(3)9-6-10-17;1-11-4-6-12(7-5-11)8-9-13(15)3-2-10-14;1-2/h7-8,11,18H,5-6,9-10H2,1-4H3;4-7,14H,2-3,8-10H2,1H3;1-2H3. The van der Waals surface area contributed by atoms with Crippen molar-refractivity contribution in [3.63, 3.8) is 0 Å². The number of carbonyl (C=O) groups excluding carboxylic acids is 2. The highest BCUT2D eigenvalue weighted by Crippen LogP contribution is 2.43. The van der Waals surface area contributed by atoms with Crippen LogP contribution in [0.2, 0.25) is 0 Å². The maximum Gasteiger partial charge on any atom is 0.237 e. The fraction of sp³-hybridized carbons (Fsp3) is 0.531. The first kappa shape index (κ1) is 33.5. The minimum absolute atomic E-state index is 0.107. The number of thiocarbonyl (C=S) groups is 1. The Kier molecular flexibility index (Phi) is 15.1. The molecule has 0 heterocycles. The van der Waals surface area contributed by atoms with Crippen LogP contribution in [0.15, 0.2) is 42.5 Å². The highest BCUT2D eigenvalue weighted by Gasteiger charge is 2.42. The van der Waals surface area contributed by atoms with E-state index in [1.807, 2.05) is 46.9 Å². The molecule has 0 bridgehead atoms. The number of rotatable bonds is 10. The van der Waals surface area contributed by atoms with Crippen LogP contribution < -0.4 is 10.2 Å². The lowest BCUT2D eigenvalue weighted by Crippen LogP contribution is -2.47. The van der Waals surface area contributed by atoms with Crippen LogP contribution in [0.25, 0.3) is 0 Å². The van der Waals surface area contributed by atoms with E-state index >= 15 is 0 Å². The topological polar surface area (TPSA) is 69.6 Å². The van der Waals surface area contributed by atoms with Crippen molar-refractivity contribution in [3.05, 3.63) is 59.2 Å². The van der Waals surface area contributed by atoms with Gasteiger partial charge in [0, 0.05) is 37.6 Å². The molecule has 0 spiro atoms. The van der Waals surface area contributed by atoms with Crippen molar-refractivity contribution in [1.29, 1.82) is 0 Å².